The molecule has 2 N–H and O–H groups in total. The van der Waals surface area contributed by atoms with Crippen molar-refractivity contribution in [2.75, 3.05) is 58.4 Å². The first-order valence-electron chi connectivity index (χ1n) is 9.66. The lowest BCUT2D eigenvalue weighted by molar-refractivity contribution is 0.0383. The van der Waals surface area contributed by atoms with Gasteiger partial charge in [-0.05, 0) is 36.2 Å². The molecule has 150 valence electrons. The van der Waals surface area contributed by atoms with E-state index in [9.17, 15) is 4.79 Å². The van der Waals surface area contributed by atoms with Crippen LogP contribution in [0.3, 0.4) is 0 Å². The molecule has 2 heterocycles. The van der Waals surface area contributed by atoms with Gasteiger partial charge >= 0.3 is 0 Å². The summed E-state index contributed by atoms with van der Waals surface area (Å²) in [4.78, 5) is 18.9. The number of aromatic nitrogens is 1. The minimum atomic E-state index is -0.0921. The normalized spacial score (nSPS) is 14.5. The molecule has 1 aliphatic rings. The van der Waals surface area contributed by atoms with Crippen molar-refractivity contribution >= 4 is 11.7 Å². The van der Waals surface area contributed by atoms with Gasteiger partial charge in [-0.15, -0.1) is 0 Å². The van der Waals surface area contributed by atoms with E-state index >= 15 is 0 Å². The van der Waals surface area contributed by atoms with E-state index in [1.165, 1.54) is 5.56 Å². The van der Waals surface area contributed by atoms with Crippen LogP contribution in [0.4, 0.5) is 5.82 Å². The predicted molar refractivity (Wildman–Crippen MR) is 109 cm³/mol. The number of carbonyl (C=O) groups excluding carboxylic acids is 1. The molecule has 1 fully saturated rings. The van der Waals surface area contributed by atoms with Gasteiger partial charge in [-0.1, -0.05) is 12.1 Å². The lowest BCUT2D eigenvalue weighted by Crippen LogP contribution is -2.41. The second-order valence-electron chi connectivity index (χ2n) is 6.67. The first-order chi connectivity index (χ1) is 13.7. The number of nitrogens with one attached hydrogen (secondary N) is 2. The first kappa shape index (κ1) is 20.1. The smallest absolute Gasteiger partial charge is 0.252 e. The van der Waals surface area contributed by atoms with Crippen LogP contribution in [-0.4, -0.2) is 68.8 Å². The molecule has 0 bridgehead atoms. The fourth-order valence-corrected chi connectivity index (χ4v) is 3.01. The quantitative estimate of drug-likeness (QED) is 0.687. The molecule has 3 rings (SSSR count). The Morgan fingerprint density at radius 3 is 2.61 bits per heavy atom. The summed E-state index contributed by atoms with van der Waals surface area (Å²) in [7, 11) is 1.66. The summed E-state index contributed by atoms with van der Waals surface area (Å²) < 4.78 is 10.5. The van der Waals surface area contributed by atoms with E-state index in [1.807, 2.05) is 18.2 Å². The number of anilines is 1. The molecular formula is C21H28N4O3. The zero-order valence-electron chi connectivity index (χ0n) is 16.3. The van der Waals surface area contributed by atoms with Gasteiger partial charge in [0.25, 0.3) is 5.91 Å². The van der Waals surface area contributed by atoms with Crippen LogP contribution in [0.25, 0.3) is 0 Å². The summed E-state index contributed by atoms with van der Waals surface area (Å²) >= 11 is 0. The summed E-state index contributed by atoms with van der Waals surface area (Å²) in [5.41, 5.74) is 1.80. The second kappa shape index (κ2) is 10.6. The molecule has 2 aromatic rings. The van der Waals surface area contributed by atoms with E-state index in [4.69, 9.17) is 9.47 Å². The highest BCUT2D eigenvalue weighted by Gasteiger charge is 2.11. The van der Waals surface area contributed by atoms with E-state index in [0.717, 1.165) is 57.4 Å². The third-order valence-electron chi connectivity index (χ3n) is 4.72. The fourth-order valence-electron chi connectivity index (χ4n) is 3.01. The Morgan fingerprint density at radius 1 is 1.14 bits per heavy atom. The highest BCUT2D eigenvalue weighted by atomic mass is 16.5. The van der Waals surface area contributed by atoms with Crippen LogP contribution in [0.15, 0.2) is 42.6 Å². The molecule has 1 amide bonds. The molecule has 1 aromatic heterocycles. The molecule has 0 saturated carbocycles. The number of hydrogen-bond donors (Lipinski definition) is 2. The summed E-state index contributed by atoms with van der Waals surface area (Å²) in [6, 6.07) is 11.7. The van der Waals surface area contributed by atoms with Crippen molar-refractivity contribution in [3.8, 4) is 5.75 Å². The maximum atomic E-state index is 12.2. The minimum Gasteiger partial charge on any atom is -0.497 e. The van der Waals surface area contributed by atoms with E-state index < -0.39 is 0 Å². The molecule has 1 aromatic carbocycles. The van der Waals surface area contributed by atoms with Gasteiger partial charge in [0.2, 0.25) is 0 Å². The molecular weight excluding hydrogens is 356 g/mol. The molecule has 0 atom stereocenters. The average Bonchev–Trinajstić information content (AvgIpc) is 2.75. The lowest BCUT2D eigenvalue weighted by atomic mass is 10.1. The second-order valence-corrected chi connectivity index (χ2v) is 6.67. The third kappa shape index (κ3) is 6.21. The number of morpholine rings is 1. The van der Waals surface area contributed by atoms with E-state index in [1.54, 1.807) is 19.4 Å². The Kier molecular flexibility index (Phi) is 7.63. The highest BCUT2D eigenvalue weighted by Crippen LogP contribution is 2.12. The molecule has 7 heteroatoms. The Bertz CT molecular complexity index is 728. The van der Waals surface area contributed by atoms with Crippen molar-refractivity contribution < 1.29 is 14.3 Å². The number of methoxy groups -OCH3 is 1. The van der Waals surface area contributed by atoms with Crippen molar-refractivity contribution in [1.82, 2.24) is 15.2 Å². The van der Waals surface area contributed by atoms with Crippen molar-refractivity contribution in [2.24, 2.45) is 0 Å². The Labute approximate surface area is 166 Å². The molecule has 1 saturated heterocycles. The number of carbonyl (C=O) groups is 1. The van der Waals surface area contributed by atoms with E-state index in [-0.39, 0.29) is 5.91 Å². The van der Waals surface area contributed by atoms with Gasteiger partial charge in [-0.3, -0.25) is 9.69 Å². The van der Waals surface area contributed by atoms with Crippen LogP contribution in [0.5, 0.6) is 5.75 Å². The summed E-state index contributed by atoms with van der Waals surface area (Å²) in [5.74, 6) is 1.53. The Hall–Kier alpha value is -2.64. The number of hydrogen-bond acceptors (Lipinski definition) is 6. The van der Waals surface area contributed by atoms with Crippen molar-refractivity contribution in [1.29, 1.82) is 0 Å². The summed E-state index contributed by atoms with van der Waals surface area (Å²) in [6.07, 6.45) is 2.50. The molecule has 28 heavy (non-hydrogen) atoms. The Morgan fingerprint density at radius 2 is 1.93 bits per heavy atom. The van der Waals surface area contributed by atoms with Crippen LogP contribution in [0.1, 0.15) is 15.9 Å². The van der Waals surface area contributed by atoms with Crippen molar-refractivity contribution in [3.05, 3.63) is 53.7 Å². The maximum absolute atomic E-state index is 12.2. The largest absolute Gasteiger partial charge is 0.497 e. The monoisotopic (exact) mass is 384 g/mol. The lowest BCUT2D eigenvalue weighted by Gasteiger charge is -2.26. The van der Waals surface area contributed by atoms with Gasteiger partial charge in [-0.2, -0.15) is 0 Å². The van der Waals surface area contributed by atoms with Gasteiger partial charge in [0, 0.05) is 38.9 Å². The molecule has 0 radical (unpaired) electrons. The van der Waals surface area contributed by atoms with E-state index in [2.05, 4.69) is 32.7 Å². The molecule has 0 unspecified atom stereocenters. The van der Waals surface area contributed by atoms with Crippen LogP contribution >= 0.6 is 0 Å². The van der Waals surface area contributed by atoms with Gasteiger partial charge < -0.3 is 20.1 Å². The fraction of sp³-hybridized carbons (Fsp3) is 0.429. The molecule has 1 aliphatic heterocycles. The van der Waals surface area contributed by atoms with Crippen LogP contribution < -0.4 is 15.4 Å². The van der Waals surface area contributed by atoms with E-state index in [0.29, 0.717) is 12.1 Å². The number of rotatable bonds is 9. The third-order valence-corrected chi connectivity index (χ3v) is 4.72. The van der Waals surface area contributed by atoms with Gasteiger partial charge in [-0.25, -0.2) is 4.98 Å². The number of benzene rings is 1. The van der Waals surface area contributed by atoms with Crippen molar-refractivity contribution in [2.45, 2.75) is 6.42 Å². The standard InChI is InChI=1S/C21H28N4O3/c1-27-19-5-2-17(3-6-19)8-9-22-20-7-4-18(16-24-20)21(26)23-10-11-25-12-14-28-15-13-25/h2-7,16H,8-15H2,1H3,(H,22,24)(H,23,26). The molecule has 7 nitrogen and oxygen atoms in total. The van der Waals surface area contributed by atoms with Gasteiger partial charge in [0.1, 0.15) is 11.6 Å². The Balaban J connectivity index is 1.37. The topological polar surface area (TPSA) is 75.7 Å². The number of amides is 1. The van der Waals surface area contributed by atoms with Gasteiger partial charge in [0.05, 0.1) is 25.9 Å². The molecule has 0 aliphatic carbocycles. The minimum absolute atomic E-state index is 0.0921. The zero-order valence-corrected chi connectivity index (χ0v) is 16.3. The first-order valence-corrected chi connectivity index (χ1v) is 9.66. The van der Waals surface area contributed by atoms with Crippen molar-refractivity contribution in [3.63, 3.8) is 0 Å². The summed E-state index contributed by atoms with van der Waals surface area (Å²) in [5, 5.41) is 6.23. The predicted octanol–water partition coefficient (Wildman–Crippen LogP) is 1.81. The SMILES string of the molecule is COc1ccc(CCNc2ccc(C(=O)NCCN3CCOCC3)cn2)cc1. The maximum Gasteiger partial charge on any atom is 0.252 e. The highest BCUT2D eigenvalue weighted by molar-refractivity contribution is 5.94. The zero-order chi connectivity index (χ0) is 19.6. The van der Waals surface area contributed by atoms with Gasteiger partial charge in [0.15, 0.2) is 0 Å². The van der Waals surface area contributed by atoms with Crippen LogP contribution in [0, 0.1) is 0 Å². The number of ether oxygens (including phenoxy) is 2. The average molecular weight is 384 g/mol. The van der Waals surface area contributed by atoms with Crippen LogP contribution in [0.2, 0.25) is 0 Å². The summed E-state index contributed by atoms with van der Waals surface area (Å²) in [6.45, 7) is 5.62. The molecule has 0 spiro atoms. The number of pyridine rings is 1. The number of nitrogens with zero attached hydrogens (tertiary/aromatic N) is 2. The van der Waals surface area contributed by atoms with Crippen LogP contribution in [-0.2, 0) is 11.2 Å².